The number of carboxylic acid groups (broad SMARTS) is 1. The molecule has 0 radical (unpaired) electrons. The van der Waals surface area contributed by atoms with Crippen LogP contribution in [0.25, 0.3) is 21.5 Å². The monoisotopic (exact) mass is 505 g/mol. The van der Waals surface area contributed by atoms with Crippen molar-refractivity contribution in [1.29, 1.82) is 0 Å². The van der Waals surface area contributed by atoms with Crippen molar-refractivity contribution in [2.75, 3.05) is 18.5 Å². The van der Waals surface area contributed by atoms with Gasteiger partial charge in [-0.25, -0.2) is 4.98 Å². The fourth-order valence-electron chi connectivity index (χ4n) is 4.56. The van der Waals surface area contributed by atoms with Gasteiger partial charge in [-0.05, 0) is 51.2 Å². The molecular formula is C29H35N3O3S. The number of likely N-dealkylation sites (N-methyl/N-ethyl adjacent to an activating group) is 1. The molecule has 0 atom stereocenters. The maximum absolute atomic E-state index is 11.1. The summed E-state index contributed by atoms with van der Waals surface area (Å²) < 4.78 is 5.66. The van der Waals surface area contributed by atoms with Gasteiger partial charge in [-0.15, -0.1) is 11.3 Å². The minimum Gasteiger partial charge on any atom is -0.480 e. The molecule has 0 unspecified atom stereocenters. The van der Waals surface area contributed by atoms with E-state index in [0.29, 0.717) is 5.58 Å². The zero-order valence-corrected chi connectivity index (χ0v) is 22.5. The molecule has 2 aromatic carbocycles. The van der Waals surface area contributed by atoms with E-state index in [1.165, 1.54) is 41.0 Å². The van der Waals surface area contributed by atoms with Crippen LogP contribution in [0.3, 0.4) is 0 Å². The fraction of sp³-hybridized carbons (Fsp3) is 0.414. The molecule has 0 saturated carbocycles. The minimum atomic E-state index is -0.865. The first-order chi connectivity index (χ1) is 17.4. The summed E-state index contributed by atoms with van der Waals surface area (Å²) in [6.45, 7) is 6.27. The molecule has 4 aromatic rings. The highest BCUT2D eigenvalue weighted by Gasteiger charge is 2.17. The summed E-state index contributed by atoms with van der Waals surface area (Å²) in [6, 6.07) is 12.6. The third kappa shape index (κ3) is 6.13. The van der Waals surface area contributed by atoms with Gasteiger partial charge in [-0.1, -0.05) is 61.2 Å². The quantitative estimate of drug-likeness (QED) is 0.209. The number of nitrogens with zero attached hydrogens (tertiary/aromatic N) is 3. The molecule has 0 aliphatic carbocycles. The Morgan fingerprint density at radius 3 is 2.53 bits per heavy atom. The number of anilines is 1. The largest absolute Gasteiger partial charge is 0.480 e. The number of rotatable bonds is 12. The van der Waals surface area contributed by atoms with Gasteiger partial charge in [-0.2, -0.15) is 0 Å². The van der Waals surface area contributed by atoms with Crippen LogP contribution in [0.1, 0.15) is 60.0 Å². The van der Waals surface area contributed by atoms with E-state index in [0.717, 1.165) is 53.0 Å². The molecule has 6 nitrogen and oxygen atoms in total. The second kappa shape index (κ2) is 11.7. The summed E-state index contributed by atoms with van der Waals surface area (Å²) in [6.07, 6.45) is 7.54. The molecule has 0 amide bonds. The van der Waals surface area contributed by atoms with Crippen LogP contribution in [0.15, 0.2) is 40.9 Å². The van der Waals surface area contributed by atoms with Crippen LogP contribution < -0.4 is 4.90 Å². The van der Waals surface area contributed by atoms with Crippen LogP contribution >= 0.6 is 11.3 Å². The Balaban J connectivity index is 1.55. The van der Waals surface area contributed by atoms with Gasteiger partial charge in [-0.3, -0.25) is 4.79 Å². The van der Waals surface area contributed by atoms with Crippen LogP contribution in [0, 0.1) is 13.8 Å². The van der Waals surface area contributed by atoms with Crippen molar-refractivity contribution < 1.29 is 14.4 Å². The molecule has 2 aromatic heterocycles. The van der Waals surface area contributed by atoms with Crippen molar-refractivity contribution >= 4 is 34.0 Å². The Labute approximate surface area is 217 Å². The number of carbonyl (C=O) groups is 1. The first-order valence-corrected chi connectivity index (χ1v) is 13.5. The predicted molar refractivity (Wildman–Crippen MR) is 147 cm³/mol. The number of thiazole rings is 1. The highest BCUT2D eigenvalue weighted by molar-refractivity contribution is 7.15. The number of unbranched alkanes of at least 4 members (excludes halogenated alkanes) is 3. The summed E-state index contributed by atoms with van der Waals surface area (Å²) >= 11 is 1.79. The van der Waals surface area contributed by atoms with E-state index in [9.17, 15) is 4.79 Å². The standard InChI is InChI=1S/C29H35N3O3S/c1-5-6-7-8-9-24-27(36-29(30-24)21-12-10-19(2)11-13-21)15-14-23-22-16-20(3)25(17-26(22)35-31-23)32(4)18-28(33)34/h10-13,16-17H,5-9,14-15,18H2,1-4H3,(H,33,34). The number of aliphatic carboxylic acids is 1. The summed E-state index contributed by atoms with van der Waals surface area (Å²) in [7, 11) is 1.77. The normalized spacial score (nSPS) is 11.3. The number of hydrogen-bond acceptors (Lipinski definition) is 6. The van der Waals surface area contributed by atoms with Gasteiger partial charge in [0.1, 0.15) is 11.6 Å². The van der Waals surface area contributed by atoms with E-state index < -0.39 is 5.97 Å². The molecule has 2 heterocycles. The molecule has 7 heteroatoms. The number of fused-ring (bicyclic) bond motifs is 1. The van der Waals surface area contributed by atoms with Gasteiger partial charge >= 0.3 is 5.97 Å². The molecule has 0 aliphatic rings. The Morgan fingerprint density at radius 1 is 1.03 bits per heavy atom. The Hall–Kier alpha value is -3.19. The summed E-state index contributed by atoms with van der Waals surface area (Å²) in [5.41, 5.74) is 7.11. The van der Waals surface area contributed by atoms with Gasteiger partial charge < -0.3 is 14.5 Å². The lowest BCUT2D eigenvalue weighted by Gasteiger charge is -2.18. The second-order valence-electron chi connectivity index (χ2n) is 9.58. The Bertz CT molecular complexity index is 1320. The Morgan fingerprint density at radius 2 is 1.81 bits per heavy atom. The predicted octanol–water partition coefficient (Wildman–Crippen LogP) is 7.00. The SMILES string of the molecule is CCCCCCc1nc(-c2ccc(C)cc2)sc1CCc1noc2cc(N(C)CC(=O)O)c(C)cc12. The number of carboxylic acids is 1. The van der Waals surface area contributed by atoms with E-state index in [2.05, 4.69) is 49.3 Å². The van der Waals surface area contributed by atoms with Crippen molar-refractivity contribution in [3.05, 3.63) is 63.8 Å². The average molecular weight is 506 g/mol. The van der Waals surface area contributed by atoms with Crippen LogP contribution in [0.4, 0.5) is 5.69 Å². The molecule has 4 rings (SSSR count). The second-order valence-corrected chi connectivity index (χ2v) is 10.7. The molecular weight excluding hydrogens is 470 g/mol. The van der Waals surface area contributed by atoms with Gasteiger partial charge in [0, 0.05) is 34.6 Å². The summed E-state index contributed by atoms with van der Waals surface area (Å²) in [5.74, 6) is -0.865. The highest BCUT2D eigenvalue weighted by atomic mass is 32.1. The lowest BCUT2D eigenvalue weighted by molar-refractivity contribution is -0.135. The molecule has 0 fully saturated rings. The molecule has 190 valence electrons. The van der Waals surface area contributed by atoms with Crippen molar-refractivity contribution in [3.8, 4) is 10.6 Å². The molecule has 1 N–H and O–H groups in total. The van der Waals surface area contributed by atoms with E-state index in [1.807, 2.05) is 13.0 Å². The zero-order valence-electron chi connectivity index (χ0n) is 21.6. The highest BCUT2D eigenvalue weighted by Crippen LogP contribution is 2.32. The number of hydrogen-bond donors (Lipinski definition) is 1. The summed E-state index contributed by atoms with van der Waals surface area (Å²) in [5, 5.41) is 15.6. The van der Waals surface area contributed by atoms with Crippen LogP contribution in [0.2, 0.25) is 0 Å². The Kier molecular flexibility index (Phi) is 8.41. The topological polar surface area (TPSA) is 79.5 Å². The van der Waals surface area contributed by atoms with Crippen LogP contribution in [0.5, 0.6) is 0 Å². The first-order valence-electron chi connectivity index (χ1n) is 12.7. The zero-order chi connectivity index (χ0) is 25.7. The van der Waals surface area contributed by atoms with Gasteiger partial charge in [0.2, 0.25) is 0 Å². The van der Waals surface area contributed by atoms with Crippen molar-refractivity contribution in [2.45, 2.75) is 65.7 Å². The first kappa shape index (κ1) is 25.9. The molecule has 0 saturated heterocycles. The van der Waals surface area contributed by atoms with E-state index in [1.54, 1.807) is 23.3 Å². The van der Waals surface area contributed by atoms with Crippen molar-refractivity contribution in [2.24, 2.45) is 0 Å². The van der Waals surface area contributed by atoms with E-state index in [-0.39, 0.29) is 6.54 Å². The van der Waals surface area contributed by atoms with E-state index >= 15 is 0 Å². The smallest absolute Gasteiger partial charge is 0.323 e. The maximum atomic E-state index is 11.1. The maximum Gasteiger partial charge on any atom is 0.323 e. The number of aromatic nitrogens is 2. The van der Waals surface area contributed by atoms with E-state index in [4.69, 9.17) is 14.6 Å². The minimum absolute atomic E-state index is 0.0664. The lowest BCUT2D eigenvalue weighted by atomic mass is 10.0. The third-order valence-corrected chi connectivity index (χ3v) is 7.79. The third-order valence-electron chi connectivity index (χ3n) is 6.58. The van der Waals surface area contributed by atoms with Crippen molar-refractivity contribution in [3.63, 3.8) is 0 Å². The molecule has 0 spiro atoms. The van der Waals surface area contributed by atoms with Gasteiger partial charge in [0.25, 0.3) is 0 Å². The number of benzene rings is 2. The van der Waals surface area contributed by atoms with Gasteiger partial charge in [0.05, 0.1) is 11.4 Å². The molecule has 0 bridgehead atoms. The van der Waals surface area contributed by atoms with Crippen molar-refractivity contribution in [1.82, 2.24) is 10.1 Å². The number of aryl methyl sites for hydroxylation is 5. The average Bonchev–Trinajstić information content (AvgIpc) is 3.43. The van der Waals surface area contributed by atoms with Crippen LogP contribution in [-0.2, 0) is 24.1 Å². The summed E-state index contributed by atoms with van der Waals surface area (Å²) in [4.78, 5) is 19.2. The molecule has 36 heavy (non-hydrogen) atoms. The van der Waals surface area contributed by atoms with Crippen LogP contribution in [-0.4, -0.2) is 34.8 Å². The lowest BCUT2D eigenvalue weighted by Crippen LogP contribution is -2.25. The molecule has 0 aliphatic heterocycles. The van der Waals surface area contributed by atoms with Gasteiger partial charge in [0.15, 0.2) is 5.58 Å². The fourth-order valence-corrected chi connectivity index (χ4v) is 5.67.